The summed E-state index contributed by atoms with van der Waals surface area (Å²) in [6.45, 7) is 4.80. The number of carbonyl (C=O) groups is 1. The van der Waals surface area contributed by atoms with Gasteiger partial charge in [0.15, 0.2) is 0 Å². The molecule has 1 aromatic rings. The van der Waals surface area contributed by atoms with E-state index in [0.717, 1.165) is 25.2 Å². The third-order valence-electron chi connectivity index (χ3n) is 4.28. The third-order valence-corrected chi connectivity index (χ3v) is 4.28. The zero-order valence-corrected chi connectivity index (χ0v) is 12.7. The fraction of sp³-hybridized carbons (Fsp3) is 0.529. The SMILES string of the molecule is CC1CCC(NC(=O)c2ncccc2C#CCN)CC1C. The van der Waals surface area contributed by atoms with Crippen molar-refractivity contribution in [3.05, 3.63) is 29.6 Å². The molecule has 0 aromatic carbocycles. The number of hydrogen-bond donors (Lipinski definition) is 2. The van der Waals surface area contributed by atoms with Crippen molar-refractivity contribution in [3.8, 4) is 11.8 Å². The molecule has 1 aliphatic rings. The van der Waals surface area contributed by atoms with E-state index in [0.29, 0.717) is 17.2 Å². The average molecular weight is 285 g/mol. The van der Waals surface area contributed by atoms with Crippen LogP contribution in [-0.4, -0.2) is 23.5 Å². The Balaban J connectivity index is 2.07. The van der Waals surface area contributed by atoms with Gasteiger partial charge in [-0.2, -0.15) is 0 Å². The van der Waals surface area contributed by atoms with E-state index in [1.54, 1.807) is 18.3 Å². The van der Waals surface area contributed by atoms with Gasteiger partial charge in [-0.1, -0.05) is 25.7 Å². The van der Waals surface area contributed by atoms with E-state index >= 15 is 0 Å². The van der Waals surface area contributed by atoms with Crippen LogP contribution in [0.3, 0.4) is 0 Å². The van der Waals surface area contributed by atoms with Gasteiger partial charge in [-0.3, -0.25) is 4.79 Å². The first-order valence-corrected chi connectivity index (χ1v) is 7.56. The second-order valence-electron chi connectivity index (χ2n) is 5.84. The van der Waals surface area contributed by atoms with Crippen LogP contribution >= 0.6 is 0 Å². The minimum atomic E-state index is -0.135. The summed E-state index contributed by atoms with van der Waals surface area (Å²) < 4.78 is 0. The van der Waals surface area contributed by atoms with Crippen LogP contribution in [-0.2, 0) is 0 Å². The topological polar surface area (TPSA) is 68.0 Å². The number of nitrogens with zero attached hydrogens (tertiary/aromatic N) is 1. The number of carbonyl (C=O) groups excluding carboxylic acids is 1. The minimum absolute atomic E-state index is 0.135. The second-order valence-corrected chi connectivity index (χ2v) is 5.84. The fourth-order valence-corrected chi connectivity index (χ4v) is 2.77. The van der Waals surface area contributed by atoms with Gasteiger partial charge in [0.1, 0.15) is 5.69 Å². The monoisotopic (exact) mass is 285 g/mol. The van der Waals surface area contributed by atoms with Crippen LogP contribution in [0.25, 0.3) is 0 Å². The van der Waals surface area contributed by atoms with E-state index in [2.05, 4.69) is 36.0 Å². The molecule has 1 saturated carbocycles. The van der Waals surface area contributed by atoms with Crippen LogP contribution in [0.5, 0.6) is 0 Å². The van der Waals surface area contributed by atoms with E-state index in [9.17, 15) is 4.79 Å². The van der Waals surface area contributed by atoms with Gasteiger partial charge in [-0.25, -0.2) is 4.98 Å². The maximum Gasteiger partial charge on any atom is 0.271 e. The van der Waals surface area contributed by atoms with Gasteiger partial charge in [0.05, 0.1) is 12.1 Å². The number of nitrogens with two attached hydrogens (primary N) is 1. The molecule has 4 nitrogen and oxygen atoms in total. The highest BCUT2D eigenvalue weighted by Crippen LogP contribution is 2.29. The first-order valence-electron chi connectivity index (χ1n) is 7.56. The van der Waals surface area contributed by atoms with Crippen LogP contribution in [0.15, 0.2) is 18.3 Å². The molecule has 3 N–H and O–H groups in total. The summed E-state index contributed by atoms with van der Waals surface area (Å²) in [6.07, 6.45) is 4.85. The molecule has 0 saturated heterocycles. The van der Waals surface area contributed by atoms with Gasteiger partial charge in [0.2, 0.25) is 0 Å². The molecule has 0 bridgehead atoms. The predicted molar refractivity (Wildman–Crippen MR) is 83.6 cm³/mol. The Labute approximate surface area is 126 Å². The molecule has 4 heteroatoms. The van der Waals surface area contributed by atoms with Crippen molar-refractivity contribution in [1.82, 2.24) is 10.3 Å². The lowest BCUT2D eigenvalue weighted by molar-refractivity contribution is 0.0905. The van der Waals surface area contributed by atoms with Crippen LogP contribution in [0.1, 0.15) is 49.2 Å². The highest BCUT2D eigenvalue weighted by molar-refractivity contribution is 5.94. The molecule has 1 amide bonds. The number of rotatable bonds is 2. The van der Waals surface area contributed by atoms with Gasteiger partial charge in [-0.15, -0.1) is 0 Å². The molecule has 3 unspecified atom stereocenters. The van der Waals surface area contributed by atoms with Crippen molar-refractivity contribution in [2.24, 2.45) is 17.6 Å². The second kappa shape index (κ2) is 7.24. The fourth-order valence-electron chi connectivity index (χ4n) is 2.77. The van der Waals surface area contributed by atoms with Gasteiger partial charge < -0.3 is 11.1 Å². The zero-order valence-electron chi connectivity index (χ0n) is 12.7. The van der Waals surface area contributed by atoms with Crippen molar-refractivity contribution < 1.29 is 4.79 Å². The molecule has 0 radical (unpaired) electrons. The molecule has 112 valence electrons. The number of amides is 1. The summed E-state index contributed by atoms with van der Waals surface area (Å²) >= 11 is 0. The van der Waals surface area contributed by atoms with E-state index in [1.807, 2.05) is 0 Å². The van der Waals surface area contributed by atoms with Crippen molar-refractivity contribution in [1.29, 1.82) is 0 Å². The van der Waals surface area contributed by atoms with Gasteiger partial charge in [-0.05, 0) is 43.2 Å². The summed E-state index contributed by atoms with van der Waals surface area (Å²) in [7, 11) is 0. The largest absolute Gasteiger partial charge is 0.348 e. The van der Waals surface area contributed by atoms with Crippen molar-refractivity contribution in [3.63, 3.8) is 0 Å². The highest BCUT2D eigenvalue weighted by Gasteiger charge is 2.26. The van der Waals surface area contributed by atoms with Crippen LogP contribution in [0, 0.1) is 23.7 Å². The Kier molecular flexibility index (Phi) is 5.35. The standard InChI is InChI=1S/C17H23N3O/c1-12-7-8-15(11-13(12)2)20-17(21)16-14(5-3-9-18)6-4-10-19-16/h4,6,10,12-13,15H,7-9,11,18H2,1-2H3,(H,20,21). The molecule has 1 aromatic heterocycles. The molecule has 1 fully saturated rings. The lowest BCUT2D eigenvalue weighted by Crippen LogP contribution is -2.40. The smallest absolute Gasteiger partial charge is 0.271 e. The number of pyridine rings is 1. The maximum absolute atomic E-state index is 12.4. The van der Waals surface area contributed by atoms with Crippen molar-refractivity contribution in [2.75, 3.05) is 6.54 Å². The summed E-state index contributed by atoms with van der Waals surface area (Å²) in [5.41, 5.74) is 6.42. The Bertz CT molecular complexity index is 559. The quantitative estimate of drug-likeness (QED) is 0.816. The molecular weight excluding hydrogens is 262 g/mol. The lowest BCUT2D eigenvalue weighted by Gasteiger charge is -2.32. The van der Waals surface area contributed by atoms with E-state index in [1.165, 1.54) is 0 Å². The van der Waals surface area contributed by atoms with Crippen molar-refractivity contribution >= 4 is 5.91 Å². The van der Waals surface area contributed by atoms with E-state index < -0.39 is 0 Å². The Hall–Kier alpha value is -1.86. The summed E-state index contributed by atoms with van der Waals surface area (Å²) in [6, 6.07) is 3.82. The number of aromatic nitrogens is 1. The first-order chi connectivity index (χ1) is 10.1. The molecule has 0 spiro atoms. The van der Waals surface area contributed by atoms with Crippen LogP contribution < -0.4 is 11.1 Å². The zero-order chi connectivity index (χ0) is 15.2. The Morgan fingerprint density at radius 3 is 2.95 bits per heavy atom. The molecule has 1 aliphatic carbocycles. The summed E-state index contributed by atoms with van der Waals surface area (Å²) in [4.78, 5) is 16.6. The van der Waals surface area contributed by atoms with Gasteiger partial charge >= 0.3 is 0 Å². The lowest BCUT2D eigenvalue weighted by atomic mass is 9.79. The van der Waals surface area contributed by atoms with Crippen LogP contribution in [0.4, 0.5) is 0 Å². The predicted octanol–water partition coefficient (Wildman–Crippen LogP) is 1.95. The highest BCUT2D eigenvalue weighted by atomic mass is 16.1. The van der Waals surface area contributed by atoms with E-state index in [4.69, 9.17) is 5.73 Å². The molecular formula is C17H23N3O. The van der Waals surface area contributed by atoms with Gasteiger partial charge in [0.25, 0.3) is 5.91 Å². The molecule has 3 atom stereocenters. The molecule has 21 heavy (non-hydrogen) atoms. The Morgan fingerprint density at radius 1 is 1.43 bits per heavy atom. The van der Waals surface area contributed by atoms with Gasteiger partial charge in [0, 0.05) is 12.2 Å². The summed E-state index contributed by atoms with van der Waals surface area (Å²) in [5, 5.41) is 3.10. The van der Waals surface area contributed by atoms with E-state index in [-0.39, 0.29) is 18.5 Å². The molecule has 0 aliphatic heterocycles. The normalized spacial score (nSPS) is 24.8. The average Bonchev–Trinajstić information content (AvgIpc) is 2.49. The van der Waals surface area contributed by atoms with Crippen LogP contribution in [0.2, 0.25) is 0 Å². The molecule has 1 heterocycles. The molecule has 2 rings (SSSR count). The number of nitrogens with one attached hydrogen (secondary N) is 1. The Morgan fingerprint density at radius 2 is 2.24 bits per heavy atom. The first kappa shape index (κ1) is 15.5. The number of hydrogen-bond acceptors (Lipinski definition) is 3. The maximum atomic E-state index is 12.4. The van der Waals surface area contributed by atoms with Crippen molar-refractivity contribution in [2.45, 2.75) is 39.2 Å². The summed E-state index contributed by atoms with van der Waals surface area (Å²) in [5.74, 6) is 6.93. The minimum Gasteiger partial charge on any atom is -0.348 e. The third kappa shape index (κ3) is 4.05.